The van der Waals surface area contributed by atoms with Crippen LogP contribution in [0, 0.1) is 5.92 Å². The van der Waals surface area contributed by atoms with E-state index in [4.69, 9.17) is 11.6 Å². The molecule has 1 aromatic carbocycles. The van der Waals surface area contributed by atoms with Crippen molar-refractivity contribution in [2.24, 2.45) is 11.0 Å². The summed E-state index contributed by atoms with van der Waals surface area (Å²) in [6.07, 6.45) is 2.18. The van der Waals surface area contributed by atoms with Crippen LogP contribution in [0.4, 0.5) is 0 Å². The molecule has 13 heteroatoms. The van der Waals surface area contributed by atoms with Gasteiger partial charge in [-0.15, -0.1) is 0 Å². The number of piperidine rings is 1. The lowest BCUT2D eigenvalue weighted by molar-refractivity contribution is -0.145. The third kappa shape index (κ3) is 5.34. The molecule has 0 aromatic heterocycles. The predicted octanol–water partition coefficient (Wildman–Crippen LogP) is 0.964. The summed E-state index contributed by atoms with van der Waals surface area (Å²) >= 11 is 3.39. The van der Waals surface area contributed by atoms with Gasteiger partial charge in [0.25, 0.3) is 5.91 Å². The zero-order valence-corrected chi connectivity index (χ0v) is 20.3. The van der Waals surface area contributed by atoms with Crippen molar-refractivity contribution in [1.29, 1.82) is 0 Å². The summed E-state index contributed by atoms with van der Waals surface area (Å²) in [4.78, 5) is 39.9. The van der Waals surface area contributed by atoms with E-state index in [1.807, 2.05) is 6.92 Å². The summed E-state index contributed by atoms with van der Waals surface area (Å²) in [6.45, 7) is 3.70. The number of nitrogens with one attached hydrogen (secondary N) is 1. The van der Waals surface area contributed by atoms with Gasteiger partial charge >= 0.3 is 0 Å². The minimum Gasteiger partial charge on any atom is -0.772 e. The maximum absolute atomic E-state index is 12.7. The highest BCUT2D eigenvalue weighted by Crippen LogP contribution is 2.36. The molecule has 2 heterocycles. The molecule has 11 nitrogen and oxygen atoms in total. The van der Waals surface area contributed by atoms with Gasteiger partial charge < -0.3 is 24.6 Å². The Morgan fingerprint density at radius 2 is 2.00 bits per heavy atom. The number of carbonyl (C=O) groups is 3. The number of phenolic OH excluding ortho intramolecular Hbond substituents is 2. The number of nitrogens with zero attached hydrogens (tertiary/aromatic N) is 3. The Morgan fingerprint density at radius 1 is 1.35 bits per heavy atom. The highest BCUT2D eigenvalue weighted by atomic mass is 35.5. The Balaban J connectivity index is 1.54. The van der Waals surface area contributed by atoms with Crippen LogP contribution in [0.3, 0.4) is 0 Å². The first-order chi connectivity index (χ1) is 15.9. The molecule has 0 bridgehead atoms. The summed E-state index contributed by atoms with van der Waals surface area (Å²) in [5.74, 6) is -2.41. The van der Waals surface area contributed by atoms with E-state index >= 15 is 0 Å². The molecule has 0 radical (unpaired) electrons. The second kappa shape index (κ2) is 10.3. The SMILES string of the molecule is C[C@@H]1CC(=O)N1C[C@](C)(/C=N/NC(=O)C1CCN(C(=O)c2ccc(O)c(O)c2Cl)CC1)S(=O)[O-]. The minimum atomic E-state index is -2.57. The van der Waals surface area contributed by atoms with Gasteiger partial charge in [-0.1, -0.05) is 11.6 Å². The molecule has 2 fully saturated rings. The fourth-order valence-electron chi connectivity index (χ4n) is 3.89. The van der Waals surface area contributed by atoms with E-state index in [0.29, 0.717) is 19.3 Å². The normalized spacial score (nSPS) is 21.8. The highest BCUT2D eigenvalue weighted by Gasteiger charge is 2.38. The maximum atomic E-state index is 12.7. The molecule has 2 aliphatic rings. The van der Waals surface area contributed by atoms with Crippen LogP contribution in [-0.2, 0) is 20.7 Å². The molecule has 0 spiro atoms. The standard InChI is InChI=1S/C21H27ClN4O7S/c1-12-9-16(28)26(12)11-21(2,34(32)33)10-23-24-19(30)13-5-7-25(8-6-13)20(31)14-3-4-15(27)18(29)17(14)22/h3-4,10,12-13,27,29H,5-9,11H2,1-2H3,(H,24,30)(H,32,33)/p-1/b23-10+/t12-,21+/m1/s1. The summed E-state index contributed by atoms with van der Waals surface area (Å²) in [6, 6.07) is 2.44. The molecule has 2 saturated heterocycles. The lowest BCUT2D eigenvalue weighted by Crippen LogP contribution is -2.58. The van der Waals surface area contributed by atoms with Gasteiger partial charge in [-0.05, 0) is 49.9 Å². The van der Waals surface area contributed by atoms with Crippen LogP contribution in [-0.4, -0.2) is 83.1 Å². The number of halogens is 1. The molecule has 0 saturated carbocycles. The van der Waals surface area contributed by atoms with Crippen LogP contribution in [0.5, 0.6) is 11.5 Å². The number of hydrazone groups is 1. The molecule has 1 aromatic rings. The Kier molecular flexibility index (Phi) is 7.84. The molecule has 3 N–H and O–H groups in total. The van der Waals surface area contributed by atoms with E-state index in [0.717, 1.165) is 6.21 Å². The topological polar surface area (TPSA) is 163 Å². The smallest absolute Gasteiger partial charge is 0.255 e. The molecule has 0 aliphatic carbocycles. The molecule has 1 unspecified atom stereocenters. The van der Waals surface area contributed by atoms with Crippen LogP contribution in [0.15, 0.2) is 17.2 Å². The van der Waals surface area contributed by atoms with Gasteiger partial charge in [0.05, 0.1) is 15.3 Å². The lowest BCUT2D eigenvalue weighted by Gasteiger charge is -2.43. The summed E-state index contributed by atoms with van der Waals surface area (Å²) in [5, 5.41) is 22.8. The van der Waals surface area contributed by atoms with Crippen LogP contribution >= 0.6 is 11.6 Å². The van der Waals surface area contributed by atoms with Gasteiger partial charge in [0.15, 0.2) is 11.5 Å². The van der Waals surface area contributed by atoms with Gasteiger partial charge in [0, 0.05) is 44.2 Å². The lowest BCUT2D eigenvalue weighted by atomic mass is 9.95. The highest BCUT2D eigenvalue weighted by molar-refractivity contribution is 7.81. The summed E-state index contributed by atoms with van der Waals surface area (Å²) in [7, 11) is 0. The number of hydrogen-bond donors (Lipinski definition) is 3. The first-order valence-corrected chi connectivity index (χ1v) is 12.1. The Morgan fingerprint density at radius 3 is 2.56 bits per heavy atom. The number of rotatable bonds is 7. The van der Waals surface area contributed by atoms with Gasteiger partial charge in [-0.2, -0.15) is 5.10 Å². The Bertz CT molecular complexity index is 1040. The van der Waals surface area contributed by atoms with Gasteiger partial charge in [-0.25, -0.2) is 5.43 Å². The zero-order chi connectivity index (χ0) is 25.2. The number of β-lactam (4-membered cyclic amide) rings is 1. The number of likely N-dealkylation sites (tertiary alicyclic amines) is 2. The molecule has 3 atom stereocenters. The monoisotopic (exact) mass is 513 g/mol. The number of aromatic hydroxyl groups is 2. The summed E-state index contributed by atoms with van der Waals surface area (Å²) in [5.41, 5.74) is 2.41. The second-order valence-electron chi connectivity index (χ2n) is 8.72. The van der Waals surface area contributed by atoms with E-state index in [2.05, 4.69) is 10.5 Å². The number of hydrogen-bond acceptors (Lipinski definition) is 8. The van der Waals surface area contributed by atoms with Crippen molar-refractivity contribution in [2.75, 3.05) is 19.6 Å². The van der Waals surface area contributed by atoms with Crippen LogP contribution < -0.4 is 5.43 Å². The largest absolute Gasteiger partial charge is 0.772 e. The fourth-order valence-corrected chi connectivity index (χ4v) is 4.51. The first-order valence-electron chi connectivity index (χ1n) is 10.7. The van der Waals surface area contributed by atoms with Crippen molar-refractivity contribution < 1.29 is 33.4 Å². The van der Waals surface area contributed by atoms with E-state index in [1.165, 1.54) is 28.9 Å². The van der Waals surface area contributed by atoms with Crippen molar-refractivity contribution in [3.8, 4) is 11.5 Å². The molecule has 2 aliphatic heterocycles. The molecule has 186 valence electrons. The number of carbonyl (C=O) groups excluding carboxylic acids is 3. The van der Waals surface area contributed by atoms with Gasteiger partial charge in [0.2, 0.25) is 11.8 Å². The van der Waals surface area contributed by atoms with Crippen LogP contribution in [0.1, 0.15) is 43.5 Å². The van der Waals surface area contributed by atoms with Crippen LogP contribution in [0.25, 0.3) is 0 Å². The Hall–Kier alpha value is -2.70. The molecular formula is C21H26ClN4O7S-. The third-order valence-corrected chi connectivity index (χ3v) is 7.56. The van der Waals surface area contributed by atoms with E-state index < -0.39 is 45.1 Å². The summed E-state index contributed by atoms with van der Waals surface area (Å²) < 4.78 is 22.0. The third-order valence-electron chi connectivity index (χ3n) is 6.18. The average molecular weight is 514 g/mol. The molecular weight excluding hydrogens is 488 g/mol. The maximum Gasteiger partial charge on any atom is 0.255 e. The van der Waals surface area contributed by atoms with E-state index in [1.54, 1.807) is 0 Å². The molecule has 34 heavy (non-hydrogen) atoms. The fraction of sp³-hybridized carbons (Fsp3) is 0.524. The minimum absolute atomic E-state index is 0.0457. The quantitative estimate of drug-likeness (QED) is 0.161. The molecule has 3 amide bonds. The van der Waals surface area contributed by atoms with Crippen molar-refractivity contribution in [3.05, 3.63) is 22.7 Å². The first kappa shape index (κ1) is 25.9. The van der Waals surface area contributed by atoms with Gasteiger partial charge in [0.1, 0.15) is 0 Å². The van der Waals surface area contributed by atoms with Crippen molar-refractivity contribution in [1.82, 2.24) is 15.2 Å². The number of amides is 3. The van der Waals surface area contributed by atoms with Crippen LogP contribution in [0.2, 0.25) is 5.02 Å². The van der Waals surface area contributed by atoms with Crippen molar-refractivity contribution in [3.63, 3.8) is 0 Å². The second-order valence-corrected chi connectivity index (χ2v) is 10.5. The zero-order valence-electron chi connectivity index (χ0n) is 18.7. The van der Waals surface area contributed by atoms with Gasteiger partial charge in [-0.3, -0.25) is 18.6 Å². The predicted molar refractivity (Wildman–Crippen MR) is 123 cm³/mol. The van der Waals surface area contributed by atoms with E-state index in [-0.39, 0.29) is 42.2 Å². The number of phenols is 2. The van der Waals surface area contributed by atoms with Crippen molar-refractivity contribution >= 4 is 46.6 Å². The van der Waals surface area contributed by atoms with E-state index in [9.17, 15) is 33.4 Å². The Labute approximate surface area is 204 Å². The average Bonchev–Trinajstić information content (AvgIpc) is 2.81. The van der Waals surface area contributed by atoms with Crippen molar-refractivity contribution in [2.45, 2.75) is 43.9 Å². The number of benzene rings is 1. The molecule has 3 rings (SSSR count).